The van der Waals surface area contributed by atoms with Crippen molar-refractivity contribution in [2.45, 2.75) is 104 Å². The van der Waals surface area contributed by atoms with Crippen molar-refractivity contribution < 1.29 is 55.0 Å². The molecular weight excluding hydrogens is 734 g/mol. The summed E-state index contributed by atoms with van der Waals surface area (Å²) >= 11 is 0. The Kier molecular flexibility index (Phi) is 15.6. The number of dihydropyridines is 1. The molecule has 0 aromatic rings. The maximum atomic E-state index is 13.3. The molecule has 0 aromatic carbocycles. The van der Waals surface area contributed by atoms with Crippen molar-refractivity contribution in [2.75, 3.05) is 6.54 Å². The van der Waals surface area contributed by atoms with Gasteiger partial charge in [0.15, 0.2) is 0 Å². The summed E-state index contributed by atoms with van der Waals surface area (Å²) < 4.78 is 4.48. The van der Waals surface area contributed by atoms with Gasteiger partial charge in [-0.15, -0.1) is 5.92 Å². The number of nitrogens with zero attached hydrogens (tertiary/aromatic N) is 1. The molecule has 3 aliphatic rings. The molecule has 1 saturated heterocycles. The third-order valence-electron chi connectivity index (χ3n) is 7.98. The summed E-state index contributed by atoms with van der Waals surface area (Å²) in [7, 11) is 3.14. The molecule has 3 amide bonds. The Morgan fingerprint density at radius 2 is 1.85 bits per heavy atom. The van der Waals surface area contributed by atoms with Crippen LogP contribution in [0.2, 0.25) is 0 Å². The molecule has 40 heavy (non-hydrogen) atoms. The van der Waals surface area contributed by atoms with Crippen LogP contribution in [0, 0.1) is 61.9 Å². The van der Waals surface area contributed by atoms with Gasteiger partial charge in [-0.1, -0.05) is 52.9 Å². The van der Waals surface area contributed by atoms with Crippen molar-refractivity contribution in [2.24, 2.45) is 23.7 Å². The van der Waals surface area contributed by atoms with Crippen molar-refractivity contribution in [3.8, 4) is 0 Å². The molecule has 0 radical (unpaired) electrons. The van der Waals surface area contributed by atoms with Crippen molar-refractivity contribution in [1.29, 1.82) is 0 Å². The summed E-state index contributed by atoms with van der Waals surface area (Å²) in [4.78, 5) is 49.2. The molecule has 2 aliphatic heterocycles. The van der Waals surface area contributed by atoms with E-state index in [1.165, 1.54) is 32.1 Å². The van der Waals surface area contributed by atoms with Gasteiger partial charge in [0.1, 0.15) is 11.7 Å². The molecule has 3 rings (SSSR count). The summed E-state index contributed by atoms with van der Waals surface area (Å²) in [6.07, 6.45) is 14.1. The van der Waals surface area contributed by atoms with E-state index in [9.17, 15) is 19.2 Å². The average molecular weight is 783 g/mol. The summed E-state index contributed by atoms with van der Waals surface area (Å²) in [5.74, 6) is 1.01. The van der Waals surface area contributed by atoms with Crippen LogP contribution >= 0.6 is 0 Å². The third-order valence-corrected chi connectivity index (χ3v) is 7.98. The SMILES string of the molecule is CC(C)[C-]=O.[CH2-]OC(=O)NC1(C)C=C(C[C@H]2C(C)N(C(=O)C[C@H](C)C3CCCCC3)[C@@H]2C(=O)NCC)C=CN1.[U+2]. The molecule has 1 aliphatic carbocycles. The molecular formula is C30H48N4O5U. The molecule has 0 aromatic heterocycles. The zero-order chi connectivity index (χ0) is 29.2. The van der Waals surface area contributed by atoms with E-state index in [0.717, 1.165) is 5.57 Å². The Labute approximate surface area is 264 Å². The van der Waals surface area contributed by atoms with Crippen molar-refractivity contribution in [3.05, 3.63) is 31.0 Å². The first kappa shape index (κ1) is 36.2. The van der Waals surface area contributed by atoms with Gasteiger partial charge in [0.2, 0.25) is 11.8 Å². The maximum Gasteiger partial charge on any atom is 2.00 e. The monoisotopic (exact) mass is 782 g/mol. The number of ether oxygens (including phenoxy) is 1. The van der Waals surface area contributed by atoms with Crippen LogP contribution < -0.4 is 16.0 Å². The Hall–Kier alpha value is -1.79. The van der Waals surface area contributed by atoms with E-state index in [1.807, 2.05) is 32.9 Å². The molecule has 2 fully saturated rings. The molecule has 9 nitrogen and oxygen atoms in total. The number of hydrogen-bond donors (Lipinski definition) is 3. The Morgan fingerprint density at radius 1 is 1.23 bits per heavy atom. The smallest absolute Gasteiger partial charge is 0.624 e. The van der Waals surface area contributed by atoms with Gasteiger partial charge in [0.25, 0.3) is 0 Å². The molecule has 3 N–H and O–H groups in total. The second kappa shape index (κ2) is 17.2. The van der Waals surface area contributed by atoms with Gasteiger partial charge in [-0.25, -0.2) is 4.79 Å². The standard InChI is InChI=1S/C26H41N4O4.C4H7O.U/c1-6-27-24(32)23-21(15-19-12-13-28-26(4,16-19)29-25(33)34-5)18(3)30(23)22(31)14-17(2)20-10-8-7-9-11-20;1-4(2)3-5;/h12-13,16-18,20-21,23,28H,5-11,14-15H2,1-4H3,(H,27,32)(H,29,33);4H,1-2H3;/q2*-1;+2/t17-,18?,21-,23-,26?;;/m0../s1. The molecule has 0 bridgehead atoms. The number of likely N-dealkylation sites (tertiary alicyclic amines) is 1. The van der Waals surface area contributed by atoms with E-state index in [-0.39, 0.29) is 60.8 Å². The molecule has 222 valence electrons. The van der Waals surface area contributed by atoms with E-state index in [1.54, 1.807) is 31.2 Å². The van der Waals surface area contributed by atoms with Gasteiger partial charge in [0, 0.05) is 24.9 Å². The first-order chi connectivity index (χ1) is 18.5. The minimum atomic E-state index is -0.821. The number of alkyl carbamates (subject to hydrolysis) is 1. The number of carbonyl (C=O) groups is 3. The molecule has 2 heterocycles. The normalized spacial score (nSPS) is 26.4. The Bertz CT molecular complexity index is 918. The predicted molar refractivity (Wildman–Crippen MR) is 152 cm³/mol. The van der Waals surface area contributed by atoms with Gasteiger partial charge in [-0.05, 0) is 63.0 Å². The van der Waals surface area contributed by atoms with Crippen LogP contribution in [0.15, 0.2) is 23.9 Å². The van der Waals surface area contributed by atoms with Crippen LogP contribution in [0.5, 0.6) is 0 Å². The van der Waals surface area contributed by atoms with E-state index >= 15 is 0 Å². The molecule has 1 saturated carbocycles. The molecule has 2 unspecified atom stereocenters. The number of allylic oxidation sites excluding steroid dienone is 2. The largest absolute Gasteiger partial charge is 2.00 e. The summed E-state index contributed by atoms with van der Waals surface area (Å²) in [6.45, 7) is 12.1. The average Bonchev–Trinajstić information content (AvgIpc) is 2.90. The van der Waals surface area contributed by atoms with Gasteiger partial charge in [0.05, 0.1) is 0 Å². The van der Waals surface area contributed by atoms with Crippen LogP contribution in [-0.4, -0.2) is 53.4 Å². The fourth-order valence-electron chi connectivity index (χ4n) is 5.84. The number of nitrogens with one attached hydrogen (secondary N) is 3. The topological polar surface area (TPSA) is 117 Å². The minimum absolute atomic E-state index is 0. The molecule has 5 atom stereocenters. The minimum Gasteiger partial charge on any atom is -0.624 e. The Morgan fingerprint density at radius 3 is 2.40 bits per heavy atom. The van der Waals surface area contributed by atoms with Crippen LogP contribution in [0.4, 0.5) is 4.79 Å². The van der Waals surface area contributed by atoms with Crippen LogP contribution in [0.25, 0.3) is 0 Å². The van der Waals surface area contributed by atoms with Gasteiger partial charge in [-0.3, -0.25) is 21.2 Å². The van der Waals surface area contributed by atoms with Gasteiger partial charge < -0.3 is 25.1 Å². The first-order valence-electron chi connectivity index (χ1n) is 14.3. The van der Waals surface area contributed by atoms with E-state index in [2.05, 4.69) is 34.7 Å². The summed E-state index contributed by atoms with van der Waals surface area (Å²) in [5.41, 5.74) is 0.164. The quantitative estimate of drug-likeness (QED) is 0.300. The number of hydrogen-bond acceptors (Lipinski definition) is 6. The predicted octanol–water partition coefficient (Wildman–Crippen LogP) is 4.36. The summed E-state index contributed by atoms with van der Waals surface area (Å²) in [5, 5.41) is 8.75. The maximum absolute atomic E-state index is 13.3. The van der Waals surface area contributed by atoms with Gasteiger partial charge >= 0.3 is 37.2 Å². The second-order valence-corrected chi connectivity index (χ2v) is 11.6. The van der Waals surface area contributed by atoms with Crippen molar-refractivity contribution in [1.82, 2.24) is 20.9 Å². The van der Waals surface area contributed by atoms with Gasteiger partial charge in [-0.2, -0.15) is 7.11 Å². The fraction of sp³-hybridized carbons (Fsp3) is 0.700. The Balaban J connectivity index is 0.00000122. The number of likely N-dealkylation sites (N-methyl/N-ethyl adjacent to an activating group) is 1. The summed E-state index contributed by atoms with van der Waals surface area (Å²) in [6, 6.07) is -0.513. The van der Waals surface area contributed by atoms with Crippen LogP contribution in [-0.2, 0) is 19.1 Å². The van der Waals surface area contributed by atoms with Crippen LogP contribution in [0.1, 0.15) is 86.5 Å². The van der Waals surface area contributed by atoms with Crippen molar-refractivity contribution in [3.63, 3.8) is 0 Å². The number of carbonyl (C=O) groups excluding carboxylic acids is 4. The van der Waals surface area contributed by atoms with E-state index in [0.29, 0.717) is 31.2 Å². The molecule has 10 heteroatoms. The number of rotatable bonds is 9. The molecule has 0 spiro atoms. The second-order valence-electron chi connectivity index (χ2n) is 11.6. The fourth-order valence-corrected chi connectivity index (χ4v) is 5.84. The first-order valence-corrected chi connectivity index (χ1v) is 14.3. The van der Waals surface area contributed by atoms with Crippen LogP contribution in [0.3, 0.4) is 0 Å². The van der Waals surface area contributed by atoms with E-state index < -0.39 is 17.8 Å². The van der Waals surface area contributed by atoms with E-state index in [4.69, 9.17) is 0 Å². The zero-order valence-corrected chi connectivity index (χ0v) is 29.2. The third kappa shape index (κ3) is 10.2. The number of amides is 3. The zero-order valence-electron chi connectivity index (χ0n) is 25.0. The van der Waals surface area contributed by atoms with Crippen molar-refractivity contribution >= 4 is 24.2 Å².